The van der Waals surface area contributed by atoms with Gasteiger partial charge >= 0.3 is 0 Å². The maximum Gasteiger partial charge on any atom is 0.212 e. The van der Waals surface area contributed by atoms with Crippen molar-refractivity contribution >= 4 is 10.0 Å². The molecule has 0 unspecified atom stereocenters. The monoisotopic (exact) mass is 270 g/mol. The zero-order valence-corrected chi connectivity index (χ0v) is 11.8. The molecular weight excluding hydrogens is 248 g/mol. The molecule has 0 spiro atoms. The van der Waals surface area contributed by atoms with Crippen LogP contribution in [0.4, 0.5) is 0 Å². The van der Waals surface area contributed by atoms with E-state index < -0.39 is 15.6 Å². The molecule has 0 aromatic heterocycles. The summed E-state index contributed by atoms with van der Waals surface area (Å²) >= 11 is 0. The van der Waals surface area contributed by atoms with E-state index in [0.717, 1.165) is 32.1 Å². The van der Waals surface area contributed by atoms with Crippen molar-refractivity contribution in [2.45, 2.75) is 57.4 Å². The molecule has 0 aromatic rings. The molecule has 5 heteroatoms. The summed E-state index contributed by atoms with van der Waals surface area (Å²) in [4.78, 5) is 0. The van der Waals surface area contributed by atoms with Crippen LogP contribution in [0.1, 0.15) is 51.9 Å². The topological polar surface area (TPSA) is 70.0 Å². The van der Waals surface area contributed by atoms with Crippen LogP contribution >= 0.6 is 0 Å². The van der Waals surface area contributed by atoms with Gasteiger partial charge in [-0.2, -0.15) is 9.98 Å². The smallest absolute Gasteiger partial charge is 0.212 e. The third-order valence-corrected chi connectivity index (χ3v) is 5.53. The van der Waals surface area contributed by atoms with E-state index in [0.29, 0.717) is 24.7 Å². The van der Waals surface area contributed by atoms with Crippen LogP contribution in [0.5, 0.6) is 0 Å². The van der Waals surface area contributed by atoms with Crippen LogP contribution in [0.3, 0.4) is 0 Å². The highest BCUT2D eigenvalue weighted by Gasteiger charge is 2.38. The fourth-order valence-corrected chi connectivity index (χ4v) is 4.42. The Balaban J connectivity index is 1.97. The van der Waals surface area contributed by atoms with Crippen LogP contribution in [-0.2, 0) is 10.0 Å². The van der Waals surface area contributed by atoms with Crippen molar-refractivity contribution in [3.8, 4) is 6.07 Å². The van der Waals surface area contributed by atoms with E-state index in [2.05, 4.69) is 17.7 Å². The van der Waals surface area contributed by atoms with Crippen molar-refractivity contribution < 1.29 is 8.42 Å². The van der Waals surface area contributed by atoms with Crippen molar-refractivity contribution in [2.24, 2.45) is 11.8 Å². The first-order chi connectivity index (χ1) is 8.45. The molecule has 2 fully saturated rings. The molecule has 18 heavy (non-hydrogen) atoms. The summed E-state index contributed by atoms with van der Waals surface area (Å²) in [5.74, 6) is 1.20. The minimum atomic E-state index is -3.30. The Kier molecular flexibility index (Phi) is 3.98. The van der Waals surface area contributed by atoms with Gasteiger partial charge in [-0.3, -0.25) is 0 Å². The molecule has 0 aliphatic heterocycles. The molecule has 2 rings (SSSR count). The fraction of sp³-hybridized carbons (Fsp3) is 0.923. The molecule has 4 nitrogen and oxygen atoms in total. The lowest BCUT2D eigenvalue weighted by Crippen LogP contribution is -2.50. The second-order valence-corrected chi connectivity index (χ2v) is 7.89. The van der Waals surface area contributed by atoms with E-state index in [9.17, 15) is 13.7 Å². The lowest BCUT2D eigenvalue weighted by Gasteiger charge is -2.34. The van der Waals surface area contributed by atoms with E-state index in [1.54, 1.807) is 0 Å². The number of nitriles is 1. The summed E-state index contributed by atoms with van der Waals surface area (Å²) in [6.45, 7) is 2.09. The number of rotatable bonds is 5. The normalized spacial score (nSPS) is 33.0. The van der Waals surface area contributed by atoms with Crippen LogP contribution in [-0.4, -0.2) is 19.7 Å². The first-order valence-electron chi connectivity index (χ1n) is 6.88. The van der Waals surface area contributed by atoms with Gasteiger partial charge in [-0.1, -0.05) is 32.6 Å². The molecule has 2 saturated carbocycles. The van der Waals surface area contributed by atoms with Crippen LogP contribution in [0.15, 0.2) is 0 Å². The lowest BCUT2D eigenvalue weighted by atomic mass is 9.78. The van der Waals surface area contributed by atoms with E-state index in [-0.39, 0.29) is 5.75 Å². The molecule has 0 radical (unpaired) electrons. The number of hydrogen-bond acceptors (Lipinski definition) is 3. The standard InChI is InChI=1S/C13H22N2O2S/c1-11-3-2-7-13(9-11,10-14)15-18(16,17)8-6-12-4-5-12/h11-12,15H,2-9H2,1H3/t11-,13-/m0/s1. The fourth-order valence-electron chi connectivity index (χ4n) is 2.85. The largest absolute Gasteiger partial charge is 0.212 e. The Morgan fingerprint density at radius 2 is 2.11 bits per heavy atom. The van der Waals surface area contributed by atoms with Gasteiger partial charge in [-0.05, 0) is 31.1 Å². The van der Waals surface area contributed by atoms with Gasteiger partial charge in [0, 0.05) is 0 Å². The van der Waals surface area contributed by atoms with Gasteiger partial charge in [-0.15, -0.1) is 0 Å². The number of nitrogens with zero attached hydrogens (tertiary/aromatic N) is 1. The quantitative estimate of drug-likeness (QED) is 0.832. The molecule has 2 aliphatic carbocycles. The van der Waals surface area contributed by atoms with Crippen LogP contribution in [0, 0.1) is 23.2 Å². The van der Waals surface area contributed by atoms with Gasteiger partial charge in [0.2, 0.25) is 10.0 Å². The molecular formula is C13H22N2O2S. The second-order valence-electron chi connectivity index (χ2n) is 6.05. The Labute approximate surface area is 110 Å². The van der Waals surface area contributed by atoms with Crippen LogP contribution in [0.2, 0.25) is 0 Å². The Morgan fingerprint density at radius 3 is 2.67 bits per heavy atom. The Morgan fingerprint density at radius 1 is 1.39 bits per heavy atom. The van der Waals surface area contributed by atoms with E-state index in [1.807, 2.05) is 0 Å². The number of sulfonamides is 1. The van der Waals surface area contributed by atoms with Gasteiger partial charge in [0.05, 0.1) is 11.8 Å². The second kappa shape index (κ2) is 5.18. The van der Waals surface area contributed by atoms with Crippen molar-refractivity contribution in [3.63, 3.8) is 0 Å². The molecule has 0 heterocycles. The van der Waals surface area contributed by atoms with Gasteiger partial charge in [0.25, 0.3) is 0 Å². The van der Waals surface area contributed by atoms with Crippen molar-refractivity contribution in [1.29, 1.82) is 5.26 Å². The summed E-state index contributed by atoms with van der Waals surface area (Å²) in [7, 11) is -3.30. The first kappa shape index (κ1) is 13.8. The summed E-state index contributed by atoms with van der Waals surface area (Å²) < 4.78 is 26.8. The Hall–Kier alpha value is -0.600. The molecule has 2 atom stereocenters. The van der Waals surface area contributed by atoms with Gasteiger partial charge < -0.3 is 0 Å². The number of nitrogens with one attached hydrogen (secondary N) is 1. The summed E-state index contributed by atoms with van der Waals surface area (Å²) in [5, 5.41) is 9.34. The van der Waals surface area contributed by atoms with E-state index in [4.69, 9.17) is 0 Å². The summed E-state index contributed by atoms with van der Waals surface area (Å²) in [6, 6.07) is 2.22. The van der Waals surface area contributed by atoms with Gasteiger partial charge in [-0.25, -0.2) is 8.42 Å². The molecule has 0 aromatic carbocycles. The average Bonchev–Trinajstić information content (AvgIpc) is 3.10. The van der Waals surface area contributed by atoms with Crippen LogP contribution < -0.4 is 4.72 Å². The minimum Gasteiger partial charge on any atom is -0.212 e. The minimum absolute atomic E-state index is 0.176. The maximum absolute atomic E-state index is 12.0. The molecule has 2 aliphatic rings. The average molecular weight is 270 g/mol. The van der Waals surface area contributed by atoms with E-state index in [1.165, 1.54) is 0 Å². The Bertz CT molecular complexity index is 436. The molecule has 102 valence electrons. The predicted octanol–water partition coefficient (Wildman–Crippen LogP) is 2.18. The number of hydrogen-bond donors (Lipinski definition) is 1. The van der Waals surface area contributed by atoms with E-state index >= 15 is 0 Å². The third kappa shape index (κ3) is 3.69. The molecule has 1 N–H and O–H groups in total. The van der Waals surface area contributed by atoms with Crippen molar-refractivity contribution in [2.75, 3.05) is 5.75 Å². The maximum atomic E-state index is 12.0. The molecule has 0 bridgehead atoms. The first-order valence-corrected chi connectivity index (χ1v) is 8.53. The van der Waals surface area contributed by atoms with Crippen molar-refractivity contribution in [1.82, 2.24) is 4.72 Å². The predicted molar refractivity (Wildman–Crippen MR) is 70.2 cm³/mol. The van der Waals surface area contributed by atoms with Crippen molar-refractivity contribution in [3.05, 3.63) is 0 Å². The highest BCUT2D eigenvalue weighted by molar-refractivity contribution is 7.89. The lowest BCUT2D eigenvalue weighted by molar-refractivity contribution is 0.270. The SMILES string of the molecule is C[C@H]1CCC[C@](C#N)(NS(=O)(=O)CCC2CC2)C1. The highest BCUT2D eigenvalue weighted by Crippen LogP contribution is 2.34. The third-order valence-electron chi connectivity index (χ3n) is 4.05. The van der Waals surface area contributed by atoms with Gasteiger partial charge in [0.15, 0.2) is 0 Å². The zero-order chi connectivity index (χ0) is 13.2. The zero-order valence-electron chi connectivity index (χ0n) is 11.0. The summed E-state index contributed by atoms with van der Waals surface area (Å²) in [5.41, 5.74) is -0.847. The molecule has 0 amide bonds. The van der Waals surface area contributed by atoms with Crippen LogP contribution in [0.25, 0.3) is 0 Å². The van der Waals surface area contributed by atoms with Gasteiger partial charge in [0.1, 0.15) is 5.54 Å². The summed E-state index contributed by atoms with van der Waals surface area (Å²) in [6.07, 6.45) is 6.38. The molecule has 0 saturated heterocycles. The highest BCUT2D eigenvalue weighted by atomic mass is 32.2.